The van der Waals surface area contributed by atoms with Gasteiger partial charge in [-0.05, 0) is 30.2 Å². The van der Waals surface area contributed by atoms with Crippen molar-refractivity contribution in [1.29, 1.82) is 0 Å². The molecule has 3 rings (SSSR count). The normalized spacial score (nSPS) is 15.0. The van der Waals surface area contributed by atoms with E-state index >= 15 is 0 Å². The number of nitrogens with zero attached hydrogens (tertiary/aromatic N) is 2. The summed E-state index contributed by atoms with van der Waals surface area (Å²) in [5.74, 6) is 0.675. The number of carbonyl (C=O) groups is 1. The molecule has 0 aromatic heterocycles. The molecule has 25 heavy (non-hydrogen) atoms. The van der Waals surface area contributed by atoms with E-state index in [1.165, 1.54) is 11.1 Å². The number of hydrogen-bond donors (Lipinski definition) is 1. The average Bonchev–Trinajstić information content (AvgIpc) is 2.64. The lowest BCUT2D eigenvalue weighted by Crippen LogP contribution is -2.49. The Bertz CT molecular complexity index is 724. The number of nitrogens with one attached hydrogen (secondary N) is 1. The van der Waals surface area contributed by atoms with Gasteiger partial charge < -0.3 is 15.0 Å². The molecule has 0 spiro atoms. The van der Waals surface area contributed by atoms with E-state index in [2.05, 4.69) is 41.4 Å². The lowest BCUT2D eigenvalue weighted by molar-refractivity contribution is 0.143. The first kappa shape index (κ1) is 17.3. The van der Waals surface area contributed by atoms with Crippen molar-refractivity contribution in [3.8, 4) is 5.75 Å². The van der Waals surface area contributed by atoms with Crippen LogP contribution in [-0.4, -0.2) is 49.1 Å². The number of anilines is 1. The fourth-order valence-electron chi connectivity index (χ4n) is 3.08. The second kappa shape index (κ2) is 8.03. The van der Waals surface area contributed by atoms with Gasteiger partial charge in [0.2, 0.25) is 0 Å². The smallest absolute Gasteiger partial charge is 0.322 e. The fraction of sp³-hybridized carbons (Fsp3) is 0.350. The molecule has 1 aliphatic rings. The van der Waals surface area contributed by atoms with Gasteiger partial charge in [-0.2, -0.15) is 0 Å². The van der Waals surface area contributed by atoms with Crippen LogP contribution in [0.2, 0.25) is 0 Å². The lowest BCUT2D eigenvalue weighted by Gasteiger charge is -2.35. The summed E-state index contributed by atoms with van der Waals surface area (Å²) in [5.41, 5.74) is 3.38. The summed E-state index contributed by atoms with van der Waals surface area (Å²) in [7, 11) is 1.61. The van der Waals surface area contributed by atoms with Crippen molar-refractivity contribution in [2.45, 2.75) is 13.5 Å². The van der Waals surface area contributed by atoms with Gasteiger partial charge in [0.05, 0.1) is 12.8 Å². The van der Waals surface area contributed by atoms with Gasteiger partial charge in [-0.1, -0.05) is 36.4 Å². The van der Waals surface area contributed by atoms with E-state index in [0.717, 1.165) is 32.7 Å². The Kier molecular flexibility index (Phi) is 5.56. The monoisotopic (exact) mass is 339 g/mol. The molecule has 0 saturated carbocycles. The maximum Gasteiger partial charge on any atom is 0.322 e. The minimum Gasteiger partial charge on any atom is -0.495 e. The predicted octanol–water partition coefficient (Wildman–Crippen LogP) is 3.35. The SMILES string of the molecule is COc1ccccc1NC(=O)N1CCN(Cc2ccccc2C)CC1. The summed E-state index contributed by atoms with van der Waals surface area (Å²) in [6, 6.07) is 15.9. The van der Waals surface area contributed by atoms with Crippen LogP contribution in [0.1, 0.15) is 11.1 Å². The van der Waals surface area contributed by atoms with E-state index < -0.39 is 0 Å². The van der Waals surface area contributed by atoms with Gasteiger partial charge in [0, 0.05) is 32.7 Å². The molecule has 0 aliphatic carbocycles. The van der Waals surface area contributed by atoms with Crippen molar-refractivity contribution < 1.29 is 9.53 Å². The molecule has 2 amide bonds. The summed E-state index contributed by atoms with van der Waals surface area (Å²) >= 11 is 0. The summed E-state index contributed by atoms with van der Waals surface area (Å²) in [6.07, 6.45) is 0. The lowest BCUT2D eigenvalue weighted by atomic mass is 10.1. The van der Waals surface area contributed by atoms with Crippen LogP contribution in [0.25, 0.3) is 0 Å². The standard InChI is InChI=1S/C20H25N3O2/c1-16-7-3-4-8-17(16)15-22-11-13-23(14-12-22)20(24)21-18-9-5-6-10-19(18)25-2/h3-10H,11-15H2,1-2H3,(H,21,24). The molecule has 1 saturated heterocycles. The molecular weight excluding hydrogens is 314 g/mol. The number of aryl methyl sites for hydroxylation is 1. The Morgan fingerprint density at radius 3 is 2.44 bits per heavy atom. The zero-order valence-electron chi connectivity index (χ0n) is 14.9. The van der Waals surface area contributed by atoms with Crippen molar-refractivity contribution >= 4 is 11.7 Å². The van der Waals surface area contributed by atoms with Crippen LogP contribution >= 0.6 is 0 Å². The second-order valence-electron chi connectivity index (χ2n) is 6.32. The Labute approximate surface area is 149 Å². The molecule has 1 N–H and O–H groups in total. The molecule has 0 atom stereocenters. The highest BCUT2D eigenvalue weighted by Gasteiger charge is 2.22. The van der Waals surface area contributed by atoms with Gasteiger partial charge in [-0.15, -0.1) is 0 Å². The Balaban J connectivity index is 1.53. The molecule has 2 aromatic carbocycles. The molecule has 132 valence electrons. The molecule has 1 heterocycles. The third-order valence-corrected chi connectivity index (χ3v) is 4.66. The van der Waals surface area contributed by atoms with Crippen molar-refractivity contribution in [3.63, 3.8) is 0 Å². The number of rotatable bonds is 4. The van der Waals surface area contributed by atoms with Crippen molar-refractivity contribution in [1.82, 2.24) is 9.80 Å². The number of urea groups is 1. The van der Waals surface area contributed by atoms with E-state index in [1.54, 1.807) is 7.11 Å². The topological polar surface area (TPSA) is 44.8 Å². The molecule has 1 aliphatic heterocycles. The highest BCUT2D eigenvalue weighted by molar-refractivity contribution is 5.91. The van der Waals surface area contributed by atoms with Crippen LogP contribution in [0, 0.1) is 6.92 Å². The predicted molar refractivity (Wildman–Crippen MR) is 100 cm³/mol. The van der Waals surface area contributed by atoms with E-state index in [0.29, 0.717) is 11.4 Å². The summed E-state index contributed by atoms with van der Waals surface area (Å²) in [5, 5.41) is 2.95. The highest BCUT2D eigenvalue weighted by Crippen LogP contribution is 2.23. The minimum atomic E-state index is -0.0694. The Hall–Kier alpha value is -2.53. The third kappa shape index (κ3) is 4.31. The van der Waals surface area contributed by atoms with Crippen LogP contribution in [0.5, 0.6) is 5.75 Å². The van der Waals surface area contributed by atoms with Gasteiger partial charge in [0.1, 0.15) is 5.75 Å². The number of hydrogen-bond acceptors (Lipinski definition) is 3. The molecular formula is C20H25N3O2. The quantitative estimate of drug-likeness (QED) is 0.929. The summed E-state index contributed by atoms with van der Waals surface area (Å²) in [4.78, 5) is 16.8. The minimum absolute atomic E-state index is 0.0694. The van der Waals surface area contributed by atoms with Gasteiger partial charge >= 0.3 is 6.03 Å². The maximum absolute atomic E-state index is 12.5. The zero-order chi connectivity index (χ0) is 17.6. The first-order valence-electron chi connectivity index (χ1n) is 8.63. The number of ether oxygens (including phenoxy) is 1. The van der Waals surface area contributed by atoms with E-state index in [1.807, 2.05) is 29.2 Å². The van der Waals surface area contributed by atoms with Gasteiger partial charge in [-0.3, -0.25) is 4.90 Å². The molecule has 0 bridgehead atoms. The number of piperazine rings is 1. The number of carbonyl (C=O) groups excluding carboxylic acids is 1. The largest absolute Gasteiger partial charge is 0.495 e. The molecule has 2 aromatic rings. The van der Waals surface area contributed by atoms with Crippen LogP contribution < -0.4 is 10.1 Å². The summed E-state index contributed by atoms with van der Waals surface area (Å²) < 4.78 is 5.29. The van der Waals surface area contributed by atoms with Crippen LogP contribution in [-0.2, 0) is 6.54 Å². The van der Waals surface area contributed by atoms with Crippen LogP contribution in [0.3, 0.4) is 0 Å². The van der Waals surface area contributed by atoms with Crippen molar-refractivity contribution in [2.75, 3.05) is 38.6 Å². The van der Waals surface area contributed by atoms with Gasteiger partial charge in [0.15, 0.2) is 0 Å². The van der Waals surface area contributed by atoms with Gasteiger partial charge in [-0.25, -0.2) is 4.79 Å². The molecule has 1 fully saturated rings. The van der Waals surface area contributed by atoms with Crippen molar-refractivity contribution in [3.05, 3.63) is 59.7 Å². The fourth-order valence-corrected chi connectivity index (χ4v) is 3.08. The summed E-state index contributed by atoms with van der Waals surface area (Å²) in [6.45, 7) is 6.31. The third-order valence-electron chi connectivity index (χ3n) is 4.66. The van der Waals surface area contributed by atoms with E-state index in [9.17, 15) is 4.79 Å². The molecule has 5 nitrogen and oxygen atoms in total. The van der Waals surface area contributed by atoms with Gasteiger partial charge in [0.25, 0.3) is 0 Å². The first-order valence-corrected chi connectivity index (χ1v) is 8.63. The van der Waals surface area contributed by atoms with E-state index in [4.69, 9.17) is 4.74 Å². The molecule has 0 radical (unpaired) electrons. The first-order chi connectivity index (χ1) is 12.2. The van der Waals surface area contributed by atoms with Crippen LogP contribution in [0.4, 0.5) is 10.5 Å². The highest BCUT2D eigenvalue weighted by atomic mass is 16.5. The maximum atomic E-state index is 12.5. The number of methoxy groups -OCH3 is 1. The number of para-hydroxylation sites is 2. The molecule has 5 heteroatoms. The molecule has 0 unspecified atom stereocenters. The average molecular weight is 339 g/mol. The Morgan fingerprint density at radius 1 is 1.04 bits per heavy atom. The zero-order valence-corrected chi connectivity index (χ0v) is 14.9. The van der Waals surface area contributed by atoms with E-state index in [-0.39, 0.29) is 6.03 Å². The Morgan fingerprint density at radius 2 is 1.72 bits per heavy atom. The second-order valence-corrected chi connectivity index (χ2v) is 6.32. The number of benzene rings is 2. The van der Waals surface area contributed by atoms with Crippen molar-refractivity contribution in [2.24, 2.45) is 0 Å². The number of amides is 2. The van der Waals surface area contributed by atoms with Crippen LogP contribution in [0.15, 0.2) is 48.5 Å².